The summed E-state index contributed by atoms with van der Waals surface area (Å²) >= 11 is 0. The molecule has 1 heterocycles. The molecule has 1 aliphatic rings. The van der Waals surface area contributed by atoms with Crippen LogP contribution in [0.3, 0.4) is 0 Å². The largest absolute Gasteiger partial charge is 0.504 e. The molecule has 0 aliphatic carbocycles. The van der Waals surface area contributed by atoms with Crippen LogP contribution in [0.1, 0.15) is 49.5 Å². The van der Waals surface area contributed by atoms with Crippen molar-refractivity contribution in [1.29, 1.82) is 0 Å². The van der Waals surface area contributed by atoms with Gasteiger partial charge in [0.1, 0.15) is 4.90 Å². The average molecular weight is 467 g/mol. The zero-order valence-electron chi connectivity index (χ0n) is 19.0. The normalized spacial score (nSPS) is 18.4. The summed E-state index contributed by atoms with van der Waals surface area (Å²) in [6, 6.07) is 6.73. The third-order valence-electron chi connectivity index (χ3n) is 5.36. The van der Waals surface area contributed by atoms with Gasteiger partial charge in [-0.3, -0.25) is 0 Å². The second-order valence-corrected chi connectivity index (χ2v) is 9.62. The number of methoxy groups -OCH3 is 3. The van der Waals surface area contributed by atoms with Crippen molar-refractivity contribution in [3.8, 4) is 28.7 Å². The van der Waals surface area contributed by atoms with Crippen molar-refractivity contribution in [1.82, 2.24) is 0 Å². The van der Waals surface area contributed by atoms with Gasteiger partial charge in [-0.25, -0.2) is 8.42 Å². The molecule has 9 heteroatoms. The van der Waals surface area contributed by atoms with Gasteiger partial charge in [0.2, 0.25) is 5.75 Å². The smallest absolute Gasteiger partial charge is 0.203 e. The minimum atomic E-state index is -3.62. The maximum Gasteiger partial charge on any atom is 0.203 e. The number of ether oxygens (including phenoxy) is 5. The topological polar surface area (TPSA) is 101 Å². The molecule has 2 aromatic carbocycles. The van der Waals surface area contributed by atoms with Crippen molar-refractivity contribution in [2.45, 2.75) is 43.3 Å². The standard InChI is InChI=1S/C23H30O8S/c1-6-9-30-22-16(24)10-14(13-21(22)32(5,25)26)17-7-8-18(31-17)15-11-19(27-2)23(29-4)20(12-15)28-3/h10-13,17-18,24H,6-9H2,1-5H3/t17-,18-/m1/s1. The van der Waals surface area contributed by atoms with E-state index in [1.54, 1.807) is 21.3 Å². The van der Waals surface area contributed by atoms with Crippen LogP contribution in [0.25, 0.3) is 0 Å². The molecule has 1 fully saturated rings. The Kier molecular flexibility index (Phi) is 7.40. The number of rotatable bonds is 9. The van der Waals surface area contributed by atoms with E-state index in [-0.39, 0.29) is 28.6 Å². The zero-order valence-corrected chi connectivity index (χ0v) is 19.8. The van der Waals surface area contributed by atoms with Crippen LogP contribution < -0.4 is 18.9 Å². The number of hydrogen-bond acceptors (Lipinski definition) is 8. The molecule has 2 aromatic rings. The fourth-order valence-corrected chi connectivity index (χ4v) is 4.68. The molecule has 0 unspecified atom stereocenters. The number of benzene rings is 2. The summed E-state index contributed by atoms with van der Waals surface area (Å²) < 4.78 is 52.7. The lowest BCUT2D eigenvalue weighted by Gasteiger charge is -2.19. The van der Waals surface area contributed by atoms with Crippen molar-refractivity contribution >= 4 is 9.84 Å². The highest BCUT2D eigenvalue weighted by Gasteiger charge is 2.31. The number of phenolic OH excluding ortho intramolecular Hbond substituents is 1. The third kappa shape index (κ3) is 4.88. The second-order valence-electron chi connectivity index (χ2n) is 7.64. The molecule has 0 spiro atoms. The lowest BCUT2D eigenvalue weighted by Crippen LogP contribution is -2.07. The Hall–Kier alpha value is -2.65. The Morgan fingerprint density at radius 2 is 1.50 bits per heavy atom. The first kappa shape index (κ1) is 24.0. The number of hydrogen-bond donors (Lipinski definition) is 1. The molecule has 8 nitrogen and oxygen atoms in total. The highest BCUT2D eigenvalue weighted by atomic mass is 32.2. The lowest BCUT2D eigenvalue weighted by atomic mass is 10.0. The highest BCUT2D eigenvalue weighted by molar-refractivity contribution is 7.90. The Bertz CT molecular complexity index is 1040. The van der Waals surface area contributed by atoms with Gasteiger partial charge in [0, 0.05) is 6.26 Å². The Morgan fingerprint density at radius 3 is 1.97 bits per heavy atom. The molecule has 0 bridgehead atoms. The summed E-state index contributed by atoms with van der Waals surface area (Å²) in [5, 5.41) is 10.5. The average Bonchev–Trinajstić information content (AvgIpc) is 3.26. The summed E-state index contributed by atoms with van der Waals surface area (Å²) in [5.41, 5.74) is 1.44. The quantitative estimate of drug-likeness (QED) is 0.587. The SMILES string of the molecule is CCCOc1c(O)cc([C@H]2CC[C@H](c3cc(OC)c(OC)c(OC)c3)O2)cc1S(C)(=O)=O. The number of phenols is 1. The molecule has 32 heavy (non-hydrogen) atoms. The van der Waals surface area contributed by atoms with E-state index in [2.05, 4.69) is 0 Å². The van der Waals surface area contributed by atoms with Crippen LogP contribution in [-0.4, -0.2) is 47.7 Å². The number of aromatic hydroxyl groups is 1. The summed E-state index contributed by atoms with van der Waals surface area (Å²) in [6.45, 7) is 2.21. The summed E-state index contributed by atoms with van der Waals surface area (Å²) in [7, 11) is 1.03. The minimum absolute atomic E-state index is 0.0164. The van der Waals surface area contributed by atoms with Crippen LogP contribution in [0.2, 0.25) is 0 Å². The van der Waals surface area contributed by atoms with Gasteiger partial charge in [0.25, 0.3) is 0 Å². The van der Waals surface area contributed by atoms with E-state index in [0.717, 1.165) is 11.8 Å². The molecule has 0 saturated carbocycles. The summed E-state index contributed by atoms with van der Waals surface area (Å²) in [5.74, 6) is 1.33. The molecule has 1 aliphatic heterocycles. The van der Waals surface area contributed by atoms with Gasteiger partial charge in [-0.1, -0.05) is 6.92 Å². The van der Waals surface area contributed by atoms with Crippen molar-refractivity contribution in [3.63, 3.8) is 0 Å². The number of sulfone groups is 1. The third-order valence-corrected chi connectivity index (χ3v) is 6.46. The molecule has 0 radical (unpaired) electrons. The highest BCUT2D eigenvalue weighted by Crippen LogP contribution is 2.47. The molecule has 2 atom stereocenters. The van der Waals surface area contributed by atoms with E-state index in [0.29, 0.717) is 48.7 Å². The molecule has 1 saturated heterocycles. The van der Waals surface area contributed by atoms with Crippen molar-refractivity contribution in [3.05, 3.63) is 35.4 Å². The van der Waals surface area contributed by atoms with E-state index < -0.39 is 9.84 Å². The van der Waals surface area contributed by atoms with Crippen molar-refractivity contribution in [2.75, 3.05) is 34.2 Å². The first-order valence-electron chi connectivity index (χ1n) is 10.4. The predicted octanol–water partition coefficient (Wildman–Crippen LogP) is 4.20. The van der Waals surface area contributed by atoms with Gasteiger partial charge in [0.15, 0.2) is 32.8 Å². The molecular formula is C23H30O8S. The minimum Gasteiger partial charge on any atom is -0.504 e. The van der Waals surface area contributed by atoms with Gasteiger partial charge in [0.05, 0.1) is 40.1 Å². The Balaban J connectivity index is 1.92. The van der Waals surface area contributed by atoms with Crippen LogP contribution in [0.5, 0.6) is 28.7 Å². The van der Waals surface area contributed by atoms with Crippen LogP contribution in [-0.2, 0) is 14.6 Å². The maximum atomic E-state index is 12.4. The summed E-state index contributed by atoms with van der Waals surface area (Å²) in [6.07, 6.45) is 2.50. The molecular weight excluding hydrogens is 436 g/mol. The van der Waals surface area contributed by atoms with E-state index in [1.807, 2.05) is 19.1 Å². The molecule has 0 amide bonds. The van der Waals surface area contributed by atoms with Crippen LogP contribution >= 0.6 is 0 Å². The molecule has 1 N–H and O–H groups in total. The van der Waals surface area contributed by atoms with Crippen LogP contribution in [0.15, 0.2) is 29.2 Å². The van der Waals surface area contributed by atoms with Gasteiger partial charge in [-0.05, 0) is 54.7 Å². The van der Waals surface area contributed by atoms with Crippen molar-refractivity contribution in [2.24, 2.45) is 0 Å². The molecule has 3 rings (SSSR count). The molecule has 176 valence electrons. The monoisotopic (exact) mass is 466 g/mol. The maximum absolute atomic E-state index is 12.4. The first-order chi connectivity index (χ1) is 15.2. The van der Waals surface area contributed by atoms with Crippen LogP contribution in [0.4, 0.5) is 0 Å². The van der Waals surface area contributed by atoms with Gasteiger partial charge in [-0.2, -0.15) is 0 Å². The van der Waals surface area contributed by atoms with E-state index in [4.69, 9.17) is 23.7 Å². The predicted molar refractivity (Wildman–Crippen MR) is 119 cm³/mol. The summed E-state index contributed by atoms with van der Waals surface area (Å²) in [4.78, 5) is -0.0409. The van der Waals surface area contributed by atoms with Gasteiger partial charge < -0.3 is 28.8 Å². The van der Waals surface area contributed by atoms with E-state index in [9.17, 15) is 13.5 Å². The molecule has 0 aromatic heterocycles. The van der Waals surface area contributed by atoms with E-state index >= 15 is 0 Å². The second kappa shape index (κ2) is 9.87. The van der Waals surface area contributed by atoms with Crippen LogP contribution in [0, 0.1) is 0 Å². The van der Waals surface area contributed by atoms with Gasteiger partial charge in [-0.15, -0.1) is 0 Å². The first-order valence-corrected chi connectivity index (χ1v) is 12.3. The van der Waals surface area contributed by atoms with E-state index in [1.165, 1.54) is 12.1 Å². The zero-order chi connectivity index (χ0) is 23.5. The Labute approximate surface area is 188 Å². The lowest BCUT2D eigenvalue weighted by molar-refractivity contribution is 0.0435. The van der Waals surface area contributed by atoms with Gasteiger partial charge >= 0.3 is 0 Å². The Morgan fingerprint density at radius 1 is 0.938 bits per heavy atom. The fourth-order valence-electron chi connectivity index (χ4n) is 3.83. The fraction of sp³-hybridized carbons (Fsp3) is 0.478. The van der Waals surface area contributed by atoms with Crippen molar-refractivity contribution < 1.29 is 37.2 Å².